The third kappa shape index (κ3) is 2.57. The molecule has 0 aliphatic heterocycles. The molecule has 0 saturated carbocycles. The lowest BCUT2D eigenvalue weighted by Crippen LogP contribution is -2.10. The first-order valence-corrected chi connectivity index (χ1v) is 8.39. The zero-order valence-electron chi connectivity index (χ0n) is 12.8. The number of carbonyl (C=O) groups is 1. The number of aromatic nitrogens is 1. The molecular formula is C20H14N2OS. The maximum atomic E-state index is 11.6. The molecular weight excluding hydrogens is 316 g/mol. The van der Waals surface area contributed by atoms with Crippen LogP contribution in [0.25, 0.3) is 31.9 Å². The van der Waals surface area contributed by atoms with Gasteiger partial charge in [-0.2, -0.15) is 0 Å². The summed E-state index contributed by atoms with van der Waals surface area (Å²) in [5.41, 5.74) is 9.97. The van der Waals surface area contributed by atoms with Gasteiger partial charge in [-0.3, -0.25) is 4.79 Å². The van der Waals surface area contributed by atoms with E-state index < -0.39 is 5.91 Å². The van der Waals surface area contributed by atoms with Gasteiger partial charge in [-0.15, -0.1) is 11.3 Å². The summed E-state index contributed by atoms with van der Waals surface area (Å²) in [4.78, 5) is 16.3. The maximum absolute atomic E-state index is 11.6. The number of fused-ring (bicyclic) bond motifs is 1. The third-order valence-corrected chi connectivity index (χ3v) is 4.98. The summed E-state index contributed by atoms with van der Waals surface area (Å²) >= 11 is 1.62. The molecule has 0 bridgehead atoms. The third-order valence-electron chi connectivity index (χ3n) is 3.91. The quantitative estimate of drug-likeness (QED) is 0.590. The van der Waals surface area contributed by atoms with Gasteiger partial charge in [-0.05, 0) is 35.4 Å². The van der Waals surface area contributed by atoms with Crippen LogP contribution in [0.5, 0.6) is 0 Å². The van der Waals surface area contributed by atoms with Gasteiger partial charge in [0.2, 0.25) is 5.91 Å². The lowest BCUT2D eigenvalue weighted by molar-refractivity contribution is 0.100. The van der Waals surface area contributed by atoms with Crippen molar-refractivity contribution >= 4 is 27.5 Å². The van der Waals surface area contributed by atoms with Crippen LogP contribution >= 0.6 is 11.3 Å². The highest BCUT2D eigenvalue weighted by atomic mass is 32.1. The van der Waals surface area contributed by atoms with E-state index in [0.29, 0.717) is 5.56 Å². The Morgan fingerprint density at radius 2 is 1.62 bits per heavy atom. The molecule has 0 unspecified atom stereocenters. The Labute approximate surface area is 143 Å². The molecule has 0 aliphatic rings. The minimum atomic E-state index is -0.433. The van der Waals surface area contributed by atoms with Crippen molar-refractivity contribution in [2.24, 2.45) is 5.73 Å². The van der Waals surface area contributed by atoms with Crippen molar-refractivity contribution in [3.63, 3.8) is 0 Å². The van der Waals surface area contributed by atoms with Gasteiger partial charge in [0, 0.05) is 11.1 Å². The van der Waals surface area contributed by atoms with Gasteiger partial charge in [-0.25, -0.2) is 4.98 Å². The molecule has 4 rings (SSSR count). The van der Waals surface area contributed by atoms with Crippen molar-refractivity contribution in [2.45, 2.75) is 0 Å². The largest absolute Gasteiger partial charge is 0.366 e. The number of nitrogens with zero attached hydrogens (tertiary/aromatic N) is 1. The molecule has 0 fully saturated rings. The van der Waals surface area contributed by atoms with E-state index in [1.165, 1.54) is 0 Å². The molecule has 1 amide bonds. The molecule has 4 heteroatoms. The predicted molar refractivity (Wildman–Crippen MR) is 99.0 cm³/mol. The summed E-state index contributed by atoms with van der Waals surface area (Å²) in [6, 6.07) is 23.7. The second kappa shape index (κ2) is 5.91. The van der Waals surface area contributed by atoms with Crippen molar-refractivity contribution in [3.05, 3.63) is 78.4 Å². The fourth-order valence-corrected chi connectivity index (χ4v) is 3.73. The SMILES string of the molecule is NC(=O)c1ccc(-c2ccccc2)c(-c2nc3ccccc3s2)c1. The average molecular weight is 330 g/mol. The molecule has 4 aromatic rings. The van der Waals surface area contributed by atoms with Crippen LogP contribution in [-0.2, 0) is 0 Å². The average Bonchev–Trinajstić information content (AvgIpc) is 3.06. The highest BCUT2D eigenvalue weighted by molar-refractivity contribution is 7.21. The summed E-state index contributed by atoms with van der Waals surface area (Å²) in [7, 11) is 0. The number of para-hydroxylation sites is 1. The number of carbonyl (C=O) groups excluding carboxylic acids is 1. The number of thiazole rings is 1. The Balaban J connectivity index is 1.97. The van der Waals surface area contributed by atoms with E-state index >= 15 is 0 Å². The molecule has 1 aromatic heterocycles. The smallest absolute Gasteiger partial charge is 0.248 e. The fraction of sp³-hybridized carbons (Fsp3) is 0. The molecule has 2 N–H and O–H groups in total. The number of hydrogen-bond acceptors (Lipinski definition) is 3. The van der Waals surface area contributed by atoms with E-state index in [9.17, 15) is 4.79 Å². The molecule has 24 heavy (non-hydrogen) atoms. The van der Waals surface area contributed by atoms with Crippen LogP contribution in [0.2, 0.25) is 0 Å². The molecule has 0 spiro atoms. The first-order valence-electron chi connectivity index (χ1n) is 7.57. The maximum Gasteiger partial charge on any atom is 0.248 e. The summed E-state index contributed by atoms with van der Waals surface area (Å²) in [5, 5.41) is 0.887. The van der Waals surface area contributed by atoms with Crippen LogP contribution in [0.15, 0.2) is 72.8 Å². The Morgan fingerprint density at radius 3 is 2.38 bits per heavy atom. The highest BCUT2D eigenvalue weighted by Crippen LogP contribution is 2.37. The van der Waals surface area contributed by atoms with Gasteiger partial charge >= 0.3 is 0 Å². The normalized spacial score (nSPS) is 10.8. The highest BCUT2D eigenvalue weighted by Gasteiger charge is 2.14. The van der Waals surface area contributed by atoms with E-state index in [1.54, 1.807) is 17.4 Å². The fourth-order valence-electron chi connectivity index (χ4n) is 2.73. The molecule has 0 atom stereocenters. The molecule has 3 aromatic carbocycles. The Morgan fingerprint density at radius 1 is 0.875 bits per heavy atom. The van der Waals surface area contributed by atoms with Crippen LogP contribution < -0.4 is 5.73 Å². The monoisotopic (exact) mass is 330 g/mol. The first kappa shape index (κ1) is 14.6. The summed E-state index contributed by atoms with van der Waals surface area (Å²) < 4.78 is 1.12. The zero-order chi connectivity index (χ0) is 16.5. The van der Waals surface area contributed by atoms with Gasteiger partial charge in [-0.1, -0.05) is 48.5 Å². The topological polar surface area (TPSA) is 56.0 Å². The van der Waals surface area contributed by atoms with Gasteiger partial charge < -0.3 is 5.73 Å². The summed E-state index contributed by atoms with van der Waals surface area (Å²) in [6.45, 7) is 0. The van der Waals surface area contributed by atoms with Crippen LogP contribution in [-0.4, -0.2) is 10.9 Å². The summed E-state index contributed by atoms with van der Waals surface area (Å²) in [5.74, 6) is -0.433. The van der Waals surface area contributed by atoms with Gasteiger partial charge in [0.25, 0.3) is 0 Å². The number of nitrogens with two attached hydrogens (primary N) is 1. The first-order chi connectivity index (χ1) is 11.7. The molecule has 3 nitrogen and oxygen atoms in total. The standard InChI is InChI=1S/C20H14N2OS/c21-19(23)14-10-11-15(13-6-2-1-3-7-13)16(12-14)20-22-17-8-4-5-9-18(17)24-20/h1-12H,(H2,21,23). The predicted octanol–water partition coefficient (Wildman–Crippen LogP) is 4.73. The zero-order valence-corrected chi connectivity index (χ0v) is 13.6. The second-order valence-corrected chi connectivity index (χ2v) is 6.51. The van der Waals surface area contributed by atoms with Crippen molar-refractivity contribution in [1.29, 1.82) is 0 Å². The minimum Gasteiger partial charge on any atom is -0.366 e. The summed E-state index contributed by atoms with van der Waals surface area (Å²) in [6.07, 6.45) is 0. The van der Waals surface area contributed by atoms with Crippen molar-refractivity contribution in [3.8, 4) is 21.7 Å². The second-order valence-electron chi connectivity index (χ2n) is 5.48. The number of benzene rings is 3. The molecule has 116 valence electrons. The van der Waals surface area contributed by atoms with Crippen molar-refractivity contribution in [2.75, 3.05) is 0 Å². The molecule has 0 radical (unpaired) electrons. The van der Waals surface area contributed by atoms with Crippen LogP contribution in [0.3, 0.4) is 0 Å². The van der Waals surface area contributed by atoms with Gasteiger partial charge in [0.05, 0.1) is 10.2 Å². The van der Waals surface area contributed by atoms with E-state index in [-0.39, 0.29) is 0 Å². The van der Waals surface area contributed by atoms with Gasteiger partial charge in [0.15, 0.2) is 0 Å². The minimum absolute atomic E-state index is 0.433. The van der Waals surface area contributed by atoms with Crippen LogP contribution in [0.1, 0.15) is 10.4 Å². The number of hydrogen-bond donors (Lipinski definition) is 1. The Hall–Kier alpha value is -2.98. The van der Waals surface area contributed by atoms with E-state index in [4.69, 9.17) is 10.7 Å². The Bertz CT molecular complexity index is 1000. The number of primary amides is 1. The van der Waals surface area contributed by atoms with Crippen LogP contribution in [0.4, 0.5) is 0 Å². The van der Waals surface area contributed by atoms with E-state index in [0.717, 1.165) is 31.9 Å². The lowest BCUT2D eigenvalue weighted by atomic mass is 9.97. The number of amides is 1. The van der Waals surface area contributed by atoms with Crippen molar-refractivity contribution < 1.29 is 4.79 Å². The Kier molecular flexibility index (Phi) is 3.59. The van der Waals surface area contributed by atoms with E-state index in [1.807, 2.05) is 48.5 Å². The molecule has 1 heterocycles. The van der Waals surface area contributed by atoms with Crippen LogP contribution in [0, 0.1) is 0 Å². The molecule has 0 aliphatic carbocycles. The van der Waals surface area contributed by atoms with Crippen molar-refractivity contribution in [1.82, 2.24) is 4.98 Å². The lowest BCUT2D eigenvalue weighted by Gasteiger charge is -2.09. The van der Waals surface area contributed by atoms with Gasteiger partial charge in [0.1, 0.15) is 5.01 Å². The van der Waals surface area contributed by atoms with E-state index in [2.05, 4.69) is 18.2 Å². The molecule has 0 saturated heterocycles. The number of rotatable bonds is 3.